The van der Waals surface area contributed by atoms with E-state index in [2.05, 4.69) is 10.6 Å². The predicted molar refractivity (Wildman–Crippen MR) is 92.0 cm³/mol. The molecule has 6 heteroatoms. The minimum Gasteiger partial charge on any atom is -0.494 e. The van der Waals surface area contributed by atoms with Crippen molar-refractivity contribution >= 4 is 5.91 Å². The van der Waals surface area contributed by atoms with E-state index in [0.717, 1.165) is 11.6 Å². The van der Waals surface area contributed by atoms with E-state index in [1.165, 1.54) is 19.2 Å². The highest BCUT2D eigenvalue weighted by Gasteiger charge is 2.42. The first kappa shape index (κ1) is 17.4. The molecule has 1 fully saturated rings. The molecule has 0 aliphatic carbocycles. The van der Waals surface area contributed by atoms with Gasteiger partial charge >= 0.3 is 0 Å². The maximum atomic E-state index is 13.9. The van der Waals surface area contributed by atoms with Gasteiger partial charge in [-0.25, -0.2) is 4.39 Å². The Kier molecular flexibility index (Phi) is 5.01. The van der Waals surface area contributed by atoms with Crippen LogP contribution in [0.25, 0.3) is 0 Å². The number of β-amino-alcohol motifs (C(OH)–C–C–N with tert-alkyl or cyclic N) is 1. The van der Waals surface area contributed by atoms with Gasteiger partial charge in [-0.3, -0.25) is 4.79 Å². The minimum atomic E-state index is -0.917. The van der Waals surface area contributed by atoms with Crippen LogP contribution in [0.3, 0.4) is 0 Å². The summed E-state index contributed by atoms with van der Waals surface area (Å²) in [6.45, 7) is 1.02. The standard InChI is InChI=1S/C19H21FN2O3/c1-25-16-8-7-13(11-15(16)20)18(24)22-19(9-10-21-12-17(19)23)14-5-3-2-4-6-14/h2-8,11,17,21,23H,9-10,12H2,1H3,(H,22,24)/t17-,19+/m1/s1. The van der Waals surface area contributed by atoms with Crippen LogP contribution >= 0.6 is 0 Å². The first-order valence-electron chi connectivity index (χ1n) is 8.17. The molecule has 0 spiro atoms. The first-order valence-corrected chi connectivity index (χ1v) is 8.17. The van der Waals surface area contributed by atoms with E-state index in [-0.39, 0.29) is 11.3 Å². The summed E-state index contributed by atoms with van der Waals surface area (Å²) < 4.78 is 18.8. The number of benzene rings is 2. The zero-order valence-electron chi connectivity index (χ0n) is 14.0. The second kappa shape index (κ2) is 7.21. The number of piperidine rings is 1. The van der Waals surface area contributed by atoms with Crippen molar-refractivity contribution in [2.45, 2.75) is 18.1 Å². The highest BCUT2D eigenvalue weighted by molar-refractivity contribution is 5.95. The molecule has 1 amide bonds. The highest BCUT2D eigenvalue weighted by atomic mass is 19.1. The van der Waals surface area contributed by atoms with Crippen LogP contribution < -0.4 is 15.4 Å². The van der Waals surface area contributed by atoms with Crippen molar-refractivity contribution in [3.05, 3.63) is 65.5 Å². The van der Waals surface area contributed by atoms with Crippen molar-refractivity contribution in [1.82, 2.24) is 10.6 Å². The molecule has 132 valence electrons. The lowest BCUT2D eigenvalue weighted by atomic mass is 9.79. The molecule has 2 atom stereocenters. The molecule has 2 aromatic rings. The number of hydrogen-bond acceptors (Lipinski definition) is 4. The Morgan fingerprint density at radius 3 is 2.72 bits per heavy atom. The average Bonchev–Trinajstić information content (AvgIpc) is 2.64. The molecule has 1 heterocycles. The summed E-state index contributed by atoms with van der Waals surface area (Å²) in [5.41, 5.74) is 0.0886. The maximum Gasteiger partial charge on any atom is 0.252 e. The van der Waals surface area contributed by atoms with Crippen LogP contribution in [0.2, 0.25) is 0 Å². The normalized spacial score (nSPS) is 23.1. The lowest BCUT2D eigenvalue weighted by molar-refractivity contribution is 0.0289. The van der Waals surface area contributed by atoms with Gasteiger partial charge in [-0.05, 0) is 36.7 Å². The van der Waals surface area contributed by atoms with Crippen LogP contribution in [0.4, 0.5) is 4.39 Å². The van der Waals surface area contributed by atoms with E-state index >= 15 is 0 Å². The number of aliphatic hydroxyl groups is 1. The van der Waals surface area contributed by atoms with Gasteiger partial charge in [0.15, 0.2) is 11.6 Å². The van der Waals surface area contributed by atoms with Gasteiger partial charge in [0.2, 0.25) is 0 Å². The molecule has 25 heavy (non-hydrogen) atoms. The number of ether oxygens (including phenoxy) is 1. The van der Waals surface area contributed by atoms with Crippen LogP contribution in [-0.2, 0) is 5.54 Å². The average molecular weight is 344 g/mol. The molecule has 1 aliphatic rings. The van der Waals surface area contributed by atoms with E-state index in [4.69, 9.17) is 4.74 Å². The fourth-order valence-corrected chi connectivity index (χ4v) is 3.24. The molecule has 5 nitrogen and oxygen atoms in total. The summed E-state index contributed by atoms with van der Waals surface area (Å²) in [4.78, 5) is 12.7. The lowest BCUT2D eigenvalue weighted by Gasteiger charge is -2.43. The summed E-state index contributed by atoms with van der Waals surface area (Å²) in [6.07, 6.45) is -0.265. The summed E-state index contributed by atoms with van der Waals surface area (Å²) >= 11 is 0. The summed E-state index contributed by atoms with van der Waals surface area (Å²) in [5.74, 6) is -0.961. The summed E-state index contributed by atoms with van der Waals surface area (Å²) in [7, 11) is 1.37. The van der Waals surface area contributed by atoms with Gasteiger partial charge in [0.1, 0.15) is 0 Å². The van der Waals surface area contributed by atoms with Gasteiger partial charge in [0.05, 0.1) is 18.8 Å². The second-order valence-corrected chi connectivity index (χ2v) is 6.11. The van der Waals surface area contributed by atoms with Crippen molar-refractivity contribution in [2.75, 3.05) is 20.2 Å². The van der Waals surface area contributed by atoms with E-state index < -0.39 is 23.4 Å². The number of carbonyl (C=O) groups is 1. The SMILES string of the molecule is COc1ccc(C(=O)N[C@]2(c3ccccc3)CCNC[C@H]2O)cc1F. The smallest absolute Gasteiger partial charge is 0.252 e. The molecule has 0 aromatic heterocycles. The second-order valence-electron chi connectivity index (χ2n) is 6.11. The molecular weight excluding hydrogens is 323 g/mol. The number of hydrogen-bond donors (Lipinski definition) is 3. The van der Waals surface area contributed by atoms with Crippen LogP contribution in [0.15, 0.2) is 48.5 Å². The molecular formula is C19H21FN2O3. The molecule has 0 radical (unpaired) electrons. The van der Waals surface area contributed by atoms with Crippen LogP contribution in [0.1, 0.15) is 22.3 Å². The largest absolute Gasteiger partial charge is 0.494 e. The van der Waals surface area contributed by atoms with Crippen molar-refractivity contribution in [3.63, 3.8) is 0 Å². The van der Waals surface area contributed by atoms with Crippen LogP contribution in [0, 0.1) is 5.82 Å². The summed E-state index contributed by atoms with van der Waals surface area (Å²) in [6, 6.07) is 13.4. The van der Waals surface area contributed by atoms with Crippen molar-refractivity contribution < 1.29 is 19.0 Å². The topological polar surface area (TPSA) is 70.6 Å². The Bertz CT molecular complexity index is 754. The predicted octanol–water partition coefficient (Wildman–Crippen LogP) is 1.81. The van der Waals surface area contributed by atoms with Gasteiger partial charge in [-0.15, -0.1) is 0 Å². The molecule has 3 N–H and O–H groups in total. The third kappa shape index (κ3) is 3.36. The minimum absolute atomic E-state index is 0.0798. The number of methoxy groups -OCH3 is 1. The van der Waals surface area contributed by atoms with E-state index in [0.29, 0.717) is 19.5 Å². The van der Waals surface area contributed by atoms with E-state index in [1.54, 1.807) is 0 Å². The van der Waals surface area contributed by atoms with Gasteiger partial charge in [0, 0.05) is 12.1 Å². The van der Waals surface area contributed by atoms with Crippen molar-refractivity contribution in [2.24, 2.45) is 0 Å². The fourth-order valence-electron chi connectivity index (χ4n) is 3.24. The zero-order valence-corrected chi connectivity index (χ0v) is 14.0. The number of nitrogens with one attached hydrogen (secondary N) is 2. The Balaban J connectivity index is 1.93. The first-order chi connectivity index (χ1) is 12.1. The number of halogens is 1. The number of aliphatic hydroxyl groups excluding tert-OH is 1. The molecule has 3 rings (SSSR count). The van der Waals surface area contributed by atoms with Gasteiger partial charge in [-0.2, -0.15) is 0 Å². The Morgan fingerprint density at radius 2 is 2.08 bits per heavy atom. The molecule has 1 saturated heterocycles. The number of amides is 1. The Morgan fingerprint density at radius 1 is 1.32 bits per heavy atom. The maximum absolute atomic E-state index is 13.9. The summed E-state index contributed by atoms with van der Waals surface area (Å²) in [5, 5.41) is 16.7. The quantitative estimate of drug-likeness (QED) is 0.791. The van der Waals surface area contributed by atoms with Gasteiger partial charge in [0.25, 0.3) is 5.91 Å². The molecule has 0 saturated carbocycles. The van der Waals surface area contributed by atoms with Crippen molar-refractivity contribution in [3.8, 4) is 5.75 Å². The number of carbonyl (C=O) groups excluding carboxylic acids is 1. The Labute approximate surface area is 145 Å². The zero-order chi connectivity index (χ0) is 17.9. The van der Waals surface area contributed by atoms with Crippen LogP contribution in [0.5, 0.6) is 5.75 Å². The molecule has 0 unspecified atom stereocenters. The lowest BCUT2D eigenvalue weighted by Crippen LogP contribution is -2.61. The monoisotopic (exact) mass is 344 g/mol. The van der Waals surface area contributed by atoms with Gasteiger partial charge < -0.3 is 20.5 Å². The molecule has 2 aromatic carbocycles. The van der Waals surface area contributed by atoms with Crippen molar-refractivity contribution in [1.29, 1.82) is 0 Å². The van der Waals surface area contributed by atoms with E-state index in [1.807, 2.05) is 30.3 Å². The van der Waals surface area contributed by atoms with Gasteiger partial charge in [-0.1, -0.05) is 30.3 Å². The third-order valence-electron chi connectivity index (χ3n) is 4.64. The fraction of sp³-hybridized carbons (Fsp3) is 0.316. The van der Waals surface area contributed by atoms with Crippen LogP contribution in [-0.4, -0.2) is 37.3 Å². The highest BCUT2D eigenvalue weighted by Crippen LogP contribution is 2.31. The third-order valence-corrected chi connectivity index (χ3v) is 4.64. The van der Waals surface area contributed by atoms with E-state index in [9.17, 15) is 14.3 Å². The molecule has 0 bridgehead atoms. The number of rotatable bonds is 4. The molecule has 1 aliphatic heterocycles. The Hall–Kier alpha value is -2.44.